The van der Waals surface area contributed by atoms with Gasteiger partial charge in [-0.25, -0.2) is 0 Å². The first kappa shape index (κ1) is 14.7. The van der Waals surface area contributed by atoms with E-state index in [4.69, 9.17) is 4.52 Å². The minimum Gasteiger partial charge on any atom is -0.355 e. The summed E-state index contributed by atoms with van der Waals surface area (Å²) in [5.41, 5.74) is 1.11. The number of hydrogen-bond acceptors (Lipinski definition) is 5. The van der Waals surface area contributed by atoms with Crippen LogP contribution in [0.4, 0.5) is 0 Å². The lowest BCUT2D eigenvalue weighted by molar-refractivity contribution is 0.0941. The van der Waals surface area contributed by atoms with E-state index in [9.17, 15) is 4.79 Å². The number of nitrogens with zero attached hydrogens (tertiary/aromatic N) is 2. The number of carbonyl (C=O) groups is 1. The molecule has 0 bridgehead atoms. The summed E-state index contributed by atoms with van der Waals surface area (Å²) in [5.74, 6) is 1.01. The molecule has 2 aromatic rings. The van der Waals surface area contributed by atoms with Crippen LogP contribution < -0.4 is 10.6 Å². The highest BCUT2D eigenvalue weighted by molar-refractivity contribution is 5.93. The summed E-state index contributed by atoms with van der Waals surface area (Å²) >= 11 is 0. The molecule has 1 amide bonds. The van der Waals surface area contributed by atoms with Crippen LogP contribution in [0.3, 0.4) is 0 Å². The molecule has 2 N–H and O–H groups in total. The Balaban J connectivity index is 1.51. The molecular weight excluding hydrogens is 280 g/mol. The summed E-state index contributed by atoms with van der Waals surface area (Å²) < 4.78 is 5.21. The quantitative estimate of drug-likeness (QED) is 0.881. The SMILES string of the molecule is O=C(NCCC1CCCNC1)c1cc(-c2cccnc2)on1. The lowest BCUT2D eigenvalue weighted by Crippen LogP contribution is -2.33. The maximum Gasteiger partial charge on any atom is 0.273 e. The standard InChI is InChI=1S/C16H20N4O2/c21-16(19-8-5-12-3-1-6-17-10-12)14-9-15(22-20-14)13-4-2-7-18-11-13/h2,4,7,9,11-12,17H,1,3,5-6,8,10H2,(H,19,21). The zero-order valence-corrected chi connectivity index (χ0v) is 12.4. The van der Waals surface area contributed by atoms with Gasteiger partial charge in [0.15, 0.2) is 11.5 Å². The van der Waals surface area contributed by atoms with E-state index in [-0.39, 0.29) is 5.91 Å². The molecule has 3 heterocycles. The molecule has 22 heavy (non-hydrogen) atoms. The van der Waals surface area contributed by atoms with Crippen molar-refractivity contribution in [1.29, 1.82) is 0 Å². The largest absolute Gasteiger partial charge is 0.355 e. The second-order valence-electron chi connectivity index (χ2n) is 5.58. The van der Waals surface area contributed by atoms with E-state index in [0.717, 1.165) is 25.1 Å². The van der Waals surface area contributed by atoms with Crippen molar-refractivity contribution in [3.63, 3.8) is 0 Å². The number of piperidine rings is 1. The van der Waals surface area contributed by atoms with Crippen LogP contribution in [0, 0.1) is 5.92 Å². The Morgan fingerprint density at radius 1 is 1.50 bits per heavy atom. The average Bonchev–Trinajstić information content (AvgIpc) is 3.07. The molecule has 6 heteroatoms. The zero-order chi connectivity index (χ0) is 15.2. The predicted octanol–water partition coefficient (Wildman–Crippen LogP) is 1.86. The molecule has 1 fully saturated rings. The molecule has 116 valence electrons. The van der Waals surface area contributed by atoms with E-state index in [0.29, 0.717) is 23.9 Å². The Kier molecular flexibility index (Phi) is 4.80. The van der Waals surface area contributed by atoms with Crippen molar-refractivity contribution in [2.24, 2.45) is 5.92 Å². The fourth-order valence-corrected chi connectivity index (χ4v) is 2.68. The first-order chi connectivity index (χ1) is 10.8. The number of carbonyl (C=O) groups excluding carboxylic acids is 1. The Morgan fingerprint density at radius 2 is 2.45 bits per heavy atom. The number of aromatic nitrogens is 2. The second kappa shape index (κ2) is 7.17. The van der Waals surface area contributed by atoms with Gasteiger partial charge in [-0.15, -0.1) is 0 Å². The van der Waals surface area contributed by atoms with Crippen LogP contribution in [0.25, 0.3) is 11.3 Å². The Labute approximate surface area is 129 Å². The summed E-state index contributed by atoms with van der Waals surface area (Å²) in [7, 11) is 0. The fraction of sp³-hybridized carbons (Fsp3) is 0.438. The van der Waals surface area contributed by atoms with E-state index < -0.39 is 0 Å². The highest BCUT2D eigenvalue weighted by Crippen LogP contribution is 2.19. The van der Waals surface area contributed by atoms with Crippen molar-refractivity contribution >= 4 is 5.91 Å². The van der Waals surface area contributed by atoms with Gasteiger partial charge in [-0.05, 0) is 50.4 Å². The third-order valence-corrected chi connectivity index (χ3v) is 3.93. The summed E-state index contributed by atoms with van der Waals surface area (Å²) in [5, 5.41) is 10.1. The molecule has 1 unspecified atom stereocenters. The van der Waals surface area contributed by atoms with E-state index in [1.165, 1.54) is 12.8 Å². The molecule has 2 aromatic heterocycles. The van der Waals surface area contributed by atoms with E-state index in [1.54, 1.807) is 18.5 Å². The number of nitrogens with one attached hydrogen (secondary N) is 2. The van der Waals surface area contributed by atoms with Crippen molar-refractivity contribution in [2.45, 2.75) is 19.3 Å². The summed E-state index contributed by atoms with van der Waals surface area (Å²) in [6.45, 7) is 2.82. The van der Waals surface area contributed by atoms with Gasteiger partial charge in [-0.3, -0.25) is 9.78 Å². The van der Waals surface area contributed by atoms with Crippen molar-refractivity contribution in [3.05, 3.63) is 36.3 Å². The van der Waals surface area contributed by atoms with Crippen LogP contribution in [-0.2, 0) is 0 Å². The van der Waals surface area contributed by atoms with Gasteiger partial charge in [-0.2, -0.15) is 0 Å². The molecule has 1 saturated heterocycles. The first-order valence-electron chi connectivity index (χ1n) is 7.69. The average molecular weight is 300 g/mol. The third kappa shape index (κ3) is 3.71. The van der Waals surface area contributed by atoms with Crippen LogP contribution in [0.2, 0.25) is 0 Å². The van der Waals surface area contributed by atoms with Gasteiger partial charge < -0.3 is 15.2 Å². The van der Waals surface area contributed by atoms with Crippen LogP contribution in [0.15, 0.2) is 35.1 Å². The molecule has 1 atom stereocenters. The van der Waals surface area contributed by atoms with Gasteiger partial charge in [0.05, 0.1) is 0 Å². The lowest BCUT2D eigenvalue weighted by atomic mass is 9.96. The molecule has 6 nitrogen and oxygen atoms in total. The lowest BCUT2D eigenvalue weighted by Gasteiger charge is -2.22. The molecule has 1 aliphatic rings. The van der Waals surface area contributed by atoms with Crippen LogP contribution in [-0.4, -0.2) is 35.7 Å². The maximum absolute atomic E-state index is 12.1. The number of rotatable bonds is 5. The topological polar surface area (TPSA) is 80.0 Å². The third-order valence-electron chi connectivity index (χ3n) is 3.93. The highest BCUT2D eigenvalue weighted by Gasteiger charge is 2.15. The second-order valence-corrected chi connectivity index (χ2v) is 5.58. The molecule has 0 saturated carbocycles. The van der Waals surface area contributed by atoms with Gasteiger partial charge in [0.1, 0.15) is 0 Å². The Bertz CT molecular complexity index is 606. The van der Waals surface area contributed by atoms with Crippen LogP contribution in [0.5, 0.6) is 0 Å². The number of hydrogen-bond donors (Lipinski definition) is 2. The number of pyridine rings is 1. The van der Waals surface area contributed by atoms with Gasteiger partial charge in [-0.1, -0.05) is 5.16 Å². The Morgan fingerprint density at radius 3 is 3.23 bits per heavy atom. The first-order valence-corrected chi connectivity index (χ1v) is 7.69. The minimum atomic E-state index is -0.192. The van der Waals surface area contributed by atoms with Gasteiger partial charge in [0.2, 0.25) is 0 Å². The normalized spacial score (nSPS) is 18.1. The fourth-order valence-electron chi connectivity index (χ4n) is 2.68. The van der Waals surface area contributed by atoms with Crippen LogP contribution in [0.1, 0.15) is 29.8 Å². The molecular formula is C16H20N4O2. The van der Waals surface area contributed by atoms with Gasteiger partial charge in [0, 0.05) is 30.6 Å². The summed E-state index contributed by atoms with van der Waals surface area (Å²) in [6, 6.07) is 5.33. The van der Waals surface area contributed by atoms with Crippen molar-refractivity contribution in [3.8, 4) is 11.3 Å². The summed E-state index contributed by atoms with van der Waals surface area (Å²) in [4.78, 5) is 16.1. The molecule has 0 aromatic carbocycles. The number of amides is 1. The molecule has 0 spiro atoms. The van der Waals surface area contributed by atoms with Crippen LogP contribution >= 0.6 is 0 Å². The van der Waals surface area contributed by atoms with Crippen molar-refractivity contribution in [1.82, 2.24) is 20.8 Å². The molecule has 0 aliphatic carbocycles. The Hall–Kier alpha value is -2.21. The molecule has 0 radical (unpaired) electrons. The monoisotopic (exact) mass is 300 g/mol. The van der Waals surface area contributed by atoms with Crippen molar-refractivity contribution in [2.75, 3.05) is 19.6 Å². The minimum absolute atomic E-state index is 0.192. The van der Waals surface area contributed by atoms with E-state index >= 15 is 0 Å². The van der Waals surface area contributed by atoms with Gasteiger partial charge >= 0.3 is 0 Å². The zero-order valence-electron chi connectivity index (χ0n) is 12.4. The van der Waals surface area contributed by atoms with E-state index in [2.05, 4.69) is 20.8 Å². The highest BCUT2D eigenvalue weighted by atomic mass is 16.5. The predicted molar refractivity (Wildman–Crippen MR) is 82.3 cm³/mol. The van der Waals surface area contributed by atoms with Gasteiger partial charge in [0.25, 0.3) is 5.91 Å². The maximum atomic E-state index is 12.1. The molecule has 3 rings (SSSR count). The summed E-state index contributed by atoms with van der Waals surface area (Å²) in [6.07, 6.45) is 6.81. The smallest absolute Gasteiger partial charge is 0.273 e. The van der Waals surface area contributed by atoms with E-state index in [1.807, 2.05) is 12.1 Å². The molecule has 1 aliphatic heterocycles. The van der Waals surface area contributed by atoms with Crippen molar-refractivity contribution < 1.29 is 9.32 Å².